The van der Waals surface area contributed by atoms with Crippen molar-refractivity contribution in [2.45, 2.75) is 30.6 Å². The third-order valence-electron chi connectivity index (χ3n) is 3.49. The largest absolute Gasteiger partial charge is 0.496 e. The van der Waals surface area contributed by atoms with Gasteiger partial charge in [-0.05, 0) is 31.0 Å². The summed E-state index contributed by atoms with van der Waals surface area (Å²) in [4.78, 5) is 0. The number of hydrogen-bond donors (Lipinski definition) is 1. The third kappa shape index (κ3) is 3.12. The van der Waals surface area contributed by atoms with Crippen LogP contribution in [0, 0.1) is 0 Å². The predicted octanol–water partition coefficient (Wildman–Crippen LogP) is 2.46. The molecule has 1 aromatic carbocycles. The number of hydrogen-bond acceptors (Lipinski definition) is 4. The summed E-state index contributed by atoms with van der Waals surface area (Å²) in [6.07, 6.45) is 0.968. The molecule has 1 aromatic rings. The molecule has 2 atom stereocenters. The Balaban J connectivity index is 2.38. The summed E-state index contributed by atoms with van der Waals surface area (Å²) in [7, 11) is -1.72. The average molecular weight is 349 g/mol. The Labute approximate surface area is 121 Å². The quantitative estimate of drug-likeness (QED) is 0.911. The van der Waals surface area contributed by atoms with E-state index in [-0.39, 0.29) is 5.75 Å². The molecule has 1 heterocycles. The Morgan fingerprint density at radius 1 is 1.42 bits per heavy atom. The summed E-state index contributed by atoms with van der Waals surface area (Å²) in [6.45, 7) is 0. The number of rotatable bonds is 3. The highest BCUT2D eigenvalue weighted by molar-refractivity contribution is 9.10. The highest BCUT2D eigenvalue weighted by Gasteiger charge is 2.36. The van der Waals surface area contributed by atoms with Gasteiger partial charge < -0.3 is 9.84 Å². The van der Waals surface area contributed by atoms with Crippen molar-refractivity contribution in [1.29, 1.82) is 0 Å². The first kappa shape index (κ1) is 14.8. The lowest BCUT2D eigenvalue weighted by Crippen LogP contribution is -2.34. The average Bonchev–Trinajstić information content (AvgIpc) is 2.37. The molecular formula is C13H17BrO4S. The van der Waals surface area contributed by atoms with Crippen LogP contribution in [0.5, 0.6) is 5.75 Å². The van der Waals surface area contributed by atoms with E-state index in [0.717, 1.165) is 10.9 Å². The standard InChI is InChI=1S/C13H17BrO4S/c1-18-11-6-5-9(14)8-10(11)13(15)12-4-2-3-7-19(12,16)17/h5-6,8,12-13,15H,2-4,7H2,1H3. The summed E-state index contributed by atoms with van der Waals surface area (Å²) < 4.78 is 30.1. The molecule has 0 bridgehead atoms. The second-order valence-electron chi connectivity index (χ2n) is 4.73. The molecule has 1 aliphatic heterocycles. The fourth-order valence-corrected chi connectivity index (χ4v) is 4.82. The zero-order chi connectivity index (χ0) is 14.0. The van der Waals surface area contributed by atoms with Crippen molar-refractivity contribution in [3.8, 4) is 5.75 Å². The summed E-state index contributed by atoms with van der Waals surface area (Å²) in [6, 6.07) is 5.23. The van der Waals surface area contributed by atoms with E-state index in [2.05, 4.69) is 15.9 Å². The first-order valence-corrected chi connectivity index (χ1v) is 8.69. The molecule has 1 aliphatic rings. The van der Waals surface area contributed by atoms with E-state index in [9.17, 15) is 13.5 Å². The Hall–Kier alpha value is -0.590. The number of aliphatic hydroxyl groups is 1. The molecule has 1 fully saturated rings. The molecule has 0 spiro atoms. The van der Waals surface area contributed by atoms with Gasteiger partial charge in [-0.3, -0.25) is 0 Å². The van der Waals surface area contributed by atoms with E-state index in [0.29, 0.717) is 24.2 Å². The lowest BCUT2D eigenvalue weighted by atomic mass is 10.0. The molecule has 1 saturated heterocycles. The summed E-state index contributed by atoms with van der Waals surface area (Å²) in [5, 5.41) is 9.71. The second-order valence-corrected chi connectivity index (χ2v) is 7.99. The minimum atomic E-state index is -3.23. The topological polar surface area (TPSA) is 63.6 Å². The molecule has 0 radical (unpaired) electrons. The molecule has 2 rings (SSSR count). The van der Waals surface area contributed by atoms with Gasteiger partial charge in [0, 0.05) is 10.0 Å². The van der Waals surface area contributed by atoms with Crippen LogP contribution < -0.4 is 4.74 Å². The fraction of sp³-hybridized carbons (Fsp3) is 0.538. The lowest BCUT2D eigenvalue weighted by Gasteiger charge is -2.27. The zero-order valence-corrected chi connectivity index (χ0v) is 13.1. The SMILES string of the molecule is COc1ccc(Br)cc1C(O)C1CCCCS1(=O)=O. The van der Waals surface area contributed by atoms with Crippen molar-refractivity contribution >= 4 is 25.8 Å². The van der Waals surface area contributed by atoms with Crippen LogP contribution in [0.4, 0.5) is 0 Å². The first-order valence-electron chi connectivity index (χ1n) is 6.19. The summed E-state index contributed by atoms with van der Waals surface area (Å²) in [5.41, 5.74) is 0.521. The maximum atomic E-state index is 12.1. The van der Waals surface area contributed by atoms with Crippen molar-refractivity contribution in [1.82, 2.24) is 0 Å². The molecular weight excluding hydrogens is 332 g/mol. The maximum Gasteiger partial charge on any atom is 0.156 e. The molecule has 4 nitrogen and oxygen atoms in total. The van der Waals surface area contributed by atoms with Crippen LogP contribution in [0.1, 0.15) is 30.9 Å². The Kier molecular flexibility index (Phi) is 4.53. The Morgan fingerprint density at radius 3 is 2.79 bits per heavy atom. The van der Waals surface area contributed by atoms with Crippen molar-refractivity contribution < 1.29 is 18.3 Å². The third-order valence-corrected chi connectivity index (χ3v) is 6.26. The van der Waals surface area contributed by atoms with Gasteiger partial charge in [-0.1, -0.05) is 22.4 Å². The van der Waals surface area contributed by atoms with Crippen molar-refractivity contribution in [3.05, 3.63) is 28.2 Å². The van der Waals surface area contributed by atoms with E-state index >= 15 is 0 Å². The van der Waals surface area contributed by atoms with Crippen LogP contribution in [-0.4, -0.2) is 31.6 Å². The van der Waals surface area contributed by atoms with Gasteiger partial charge >= 0.3 is 0 Å². The second kappa shape index (κ2) is 5.81. The Morgan fingerprint density at radius 2 is 2.16 bits per heavy atom. The van der Waals surface area contributed by atoms with Gasteiger partial charge in [0.15, 0.2) is 9.84 Å². The zero-order valence-electron chi connectivity index (χ0n) is 10.7. The number of benzene rings is 1. The molecule has 2 unspecified atom stereocenters. The monoisotopic (exact) mass is 348 g/mol. The van der Waals surface area contributed by atoms with Crippen LogP contribution in [0.2, 0.25) is 0 Å². The minimum absolute atomic E-state index is 0.158. The maximum absolute atomic E-state index is 12.1. The molecule has 1 N–H and O–H groups in total. The summed E-state index contributed by atoms with van der Waals surface area (Å²) in [5.74, 6) is 0.668. The molecule has 0 saturated carbocycles. The molecule has 0 aliphatic carbocycles. The van der Waals surface area contributed by atoms with E-state index in [1.165, 1.54) is 7.11 Å². The first-order chi connectivity index (χ1) is 8.95. The number of ether oxygens (including phenoxy) is 1. The van der Waals surface area contributed by atoms with Gasteiger partial charge in [-0.15, -0.1) is 0 Å². The van der Waals surface area contributed by atoms with Crippen molar-refractivity contribution in [3.63, 3.8) is 0 Å². The highest BCUT2D eigenvalue weighted by atomic mass is 79.9. The highest BCUT2D eigenvalue weighted by Crippen LogP contribution is 2.36. The molecule has 106 valence electrons. The number of aliphatic hydroxyl groups excluding tert-OH is 1. The summed E-state index contributed by atoms with van der Waals surface area (Å²) >= 11 is 3.33. The van der Waals surface area contributed by atoms with E-state index in [1.807, 2.05) is 0 Å². The minimum Gasteiger partial charge on any atom is -0.496 e. The predicted molar refractivity (Wildman–Crippen MR) is 77.1 cm³/mol. The van der Waals surface area contributed by atoms with Gasteiger partial charge in [-0.25, -0.2) is 8.42 Å². The van der Waals surface area contributed by atoms with Crippen LogP contribution >= 0.6 is 15.9 Å². The molecule has 0 amide bonds. The van der Waals surface area contributed by atoms with Crippen LogP contribution in [0.3, 0.4) is 0 Å². The Bertz CT molecular complexity index is 556. The fourth-order valence-electron chi connectivity index (χ4n) is 2.47. The number of halogens is 1. The molecule has 0 aromatic heterocycles. The van der Waals surface area contributed by atoms with Gasteiger partial charge in [0.25, 0.3) is 0 Å². The molecule has 19 heavy (non-hydrogen) atoms. The van der Waals surface area contributed by atoms with Crippen LogP contribution in [0.25, 0.3) is 0 Å². The van der Waals surface area contributed by atoms with Crippen molar-refractivity contribution in [2.24, 2.45) is 0 Å². The number of methoxy groups -OCH3 is 1. The van der Waals surface area contributed by atoms with Crippen LogP contribution in [-0.2, 0) is 9.84 Å². The van der Waals surface area contributed by atoms with Gasteiger partial charge in [0.05, 0.1) is 24.2 Å². The lowest BCUT2D eigenvalue weighted by molar-refractivity contribution is 0.160. The number of sulfone groups is 1. The van der Waals surface area contributed by atoms with E-state index < -0.39 is 21.2 Å². The van der Waals surface area contributed by atoms with Gasteiger partial charge in [0.2, 0.25) is 0 Å². The van der Waals surface area contributed by atoms with Gasteiger partial charge in [-0.2, -0.15) is 0 Å². The van der Waals surface area contributed by atoms with E-state index in [1.54, 1.807) is 18.2 Å². The smallest absolute Gasteiger partial charge is 0.156 e. The van der Waals surface area contributed by atoms with Crippen molar-refractivity contribution in [2.75, 3.05) is 12.9 Å². The normalized spacial score (nSPS) is 23.8. The molecule has 6 heteroatoms. The van der Waals surface area contributed by atoms with Crippen LogP contribution in [0.15, 0.2) is 22.7 Å². The van der Waals surface area contributed by atoms with Gasteiger partial charge in [0.1, 0.15) is 5.75 Å². The van der Waals surface area contributed by atoms with E-state index in [4.69, 9.17) is 4.74 Å².